The van der Waals surface area contributed by atoms with E-state index in [9.17, 15) is 14.0 Å². The van der Waals surface area contributed by atoms with E-state index in [0.29, 0.717) is 25.3 Å². The smallest absolute Gasteiger partial charge is 0.234 e. The maximum Gasteiger partial charge on any atom is 0.234 e. The third-order valence-corrected chi connectivity index (χ3v) is 6.48. The first-order valence-electron chi connectivity index (χ1n) is 10.6. The van der Waals surface area contributed by atoms with Crippen LogP contribution in [0.1, 0.15) is 50.0 Å². The molecular weight excluding hydrogens is 357 g/mol. The zero-order valence-corrected chi connectivity index (χ0v) is 16.4. The van der Waals surface area contributed by atoms with E-state index in [0.717, 1.165) is 57.4 Å². The Kier molecular flexibility index (Phi) is 5.95. The number of nitrogens with one attached hydrogen (secondary N) is 1. The van der Waals surface area contributed by atoms with Crippen molar-refractivity contribution in [1.29, 1.82) is 0 Å². The van der Waals surface area contributed by atoms with Crippen LogP contribution in [0.5, 0.6) is 0 Å². The van der Waals surface area contributed by atoms with E-state index in [1.807, 2.05) is 12.1 Å². The van der Waals surface area contributed by atoms with Gasteiger partial charge in [0.1, 0.15) is 6.17 Å². The molecule has 2 amide bonds. The molecule has 1 aromatic rings. The molecule has 152 valence electrons. The summed E-state index contributed by atoms with van der Waals surface area (Å²) < 4.78 is 13.6. The lowest BCUT2D eigenvalue weighted by Crippen LogP contribution is -2.43. The molecule has 3 saturated heterocycles. The summed E-state index contributed by atoms with van der Waals surface area (Å²) in [4.78, 5) is 28.1. The lowest BCUT2D eigenvalue weighted by Gasteiger charge is -2.37. The Bertz CT molecular complexity index is 700. The zero-order valence-electron chi connectivity index (χ0n) is 16.4. The van der Waals surface area contributed by atoms with Gasteiger partial charge in [-0.05, 0) is 62.3 Å². The summed E-state index contributed by atoms with van der Waals surface area (Å²) in [6, 6.07) is 8.24. The van der Waals surface area contributed by atoms with E-state index >= 15 is 0 Å². The van der Waals surface area contributed by atoms with Crippen molar-refractivity contribution in [2.75, 3.05) is 37.6 Å². The fourth-order valence-electron chi connectivity index (χ4n) is 4.83. The number of imide groups is 1. The van der Waals surface area contributed by atoms with Gasteiger partial charge in [0.25, 0.3) is 0 Å². The van der Waals surface area contributed by atoms with Crippen LogP contribution in [0, 0.1) is 5.92 Å². The van der Waals surface area contributed by atoms with Gasteiger partial charge in [-0.25, -0.2) is 4.39 Å². The van der Waals surface area contributed by atoms with Crippen LogP contribution in [0.25, 0.3) is 0 Å². The number of hydrogen-bond acceptors (Lipinski definition) is 4. The number of carbonyl (C=O) groups is 2. The summed E-state index contributed by atoms with van der Waals surface area (Å²) in [5.74, 6) is 0.0797. The maximum atomic E-state index is 13.6. The molecule has 0 spiro atoms. The van der Waals surface area contributed by atoms with Crippen LogP contribution >= 0.6 is 0 Å². The summed E-state index contributed by atoms with van der Waals surface area (Å²) in [6.45, 7) is 4.73. The molecule has 4 rings (SSSR count). The predicted molar refractivity (Wildman–Crippen MR) is 107 cm³/mol. The van der Waals surface area contributed by atoms with Gasteiger partial charge >= 0.3 is 0 Å². The van der Waals surface area contributed by atoms with Gasteiger partial charge < -0.3 is 9.80 Å². The topological polar surface area (TPSA) is 52.7 Å². The van der Waals surface area contributed by atoms with Crippen LogP contribution < -0.4 is 10.2 Å². The number of benzene rings is 1. The van der Waals surface area contributed by atoms with E-state index < -0.39 is 6.17 Å². The van der Waals surface area contributed by atoms with Gasteiger partial charge in [-0.15, -0.1) is 0 Å². The zero-order chi connectivity index (χ0) is 19.5. The molecule has 0 bridgehead atoms. The number of nitrogens with zero attached hydrogens (tertiary/aromatic N) is 2. The molecular formula is C22H30FN3O2. The predicted octanol–water partition coefficient (Wildman–Crippen LogP) is 2.86. The van der Waals surface area contributed by atoms with Gasteiger partial charge in [-0.1, -0.05) is 12.1 Å². The average molecular weight is 387 g/mol. The molecule has 6 heteroatoms. The Morgan fingerprint density at radius 3 is 2.43 bits per heavy atom. The second-order valence-electron chi connectivity index (χ2n) is 8.52. The number of carbonyl (C=O) groups excluding carboxylic acids is 2. The second kappa shape index (κ2) is 8.60. The summed E-state index contributed by atoms with van der Waals surface area (Å²) in [5.41, 5.74) is 2.17. The van der Waals surface area contributed by atoms with Crippen LogP contribution in [-0.2, 0) is 9.59 Å². The summed E-state index contributed by atoms with van der Waals surface area (Å²) in [6.07, 6.45) is 4.35. The Balaban J connectivity index is 1.29. The first-order chi connectivity index (χ1) is 13.6. The maximum absolute atomic E-state index is 13.6. The Hall–Kier alpha value is -1.95. The fourth-order valence-corrected chi connectivity index (χ4v) is 4.83. The number of piperidine rings is 3. The number of likely N-dealkylation sites (tertiary alicyclic amines) is 1. The van der Waals surface area contributed by atoms with E-state index in [1.54, 1.807) is 0 Å². The van der Waals surface area contributed by atoms with Crippen molar-refractivity contribution >= 4 is 17.5 Å². The highest BCUT2D eigenvalue weighted by Crippen LogP contribution is 2.29. The molecule has 0 saturated carbocycles. The highest BCUT2D eigenvalue weighted by atomic mass is 19.1. The number of hydrogen-bond donors (Lipinski definition) is 1. The monoisotopic (exact) mass is 387 g/mol. The Labute approximate surface area is 166 Å². The third-order valence-electron chi connectivity index (χ3n) is 6.48. The van der Waals surface area contributed by atoms with Crippen molar-refractivity contribution in [1.82, 2.24) is 10.2 Å². The van der Waals surface area contributed by atoms with Crippen LogP contribution in [0.3, 0.4) is 0 Å². The van der Waals surface area contributed by atoms with Gasteiger partial charge in [0, 0.05) is 38.3 Å². The van der Waals surface area contributed by atoms with E-state index in [2.05, 4.69) is 27.2 Å². The number of alkyl halides is 1. The number of anilines is 1. The van der Waals surface area contributed by atoms with Crippen LogP contribution in [-0.4, -0.2) is 55.6 Å². The molecule has 3 aliphatic heterocycles. The van der Waals surface area contributed by atoms with Gasteiger partial charge in [-0.2, -0.15) is 0 Å². The molecule has 3 heterocycles. The lowest BCUT2D eigenvalue weighted by atomic mass is 9.90. The highest BCUT2D eigenvalue weighted by Gasteiger charge is 2.28. The molecule has 1 unspecified atom stereocenters. The third kappa shape index (κ3) is 4.54. The standard InChI is InChI=1S/C22H30FN3O2/c23-18-2-1-11-25(15-18)14-16-9-12-26(13-10-16)19-5-3-17(4-6-19)20-7-8-21(27)24-22(20)28/h3-6,16,18,20H,1-2,7-15H2,(H,24,27,28)/t18?,20-/m1/s1. The van der Waals surface area contributed by atoms with E-state index in [-0.39, 0.29) is 17.7 Å². The van der Waals surface area contributed by atoms with Crippen molar-refractivity contribution in [2.45, 2.75) is 50.6 Å². The largest absolute Gasteiger partial charge is 0.372 e. The number of halogens is 1. The molecule has 0 radical (unpaired) electrons. The molecule has 3 aliphatic rings. The van der Waals surface area contributed by atoms with Crippen LogP contribution in [0.4, 0.5) is 10.1 Å². The van der Waals surface area contributed by atoms with E-state index in [1.165, 1.54) is 5.69 Å². The van der Waals surface area contributed by atoms with Gasteiger partial charge in [0.05, 0.1) is 5.92 Å². The molecule has 1 N–H and O–H groups in total. The summed E-state index contributed by atoms with van der Waals surface area (Å²) in [5, 5.41) is 2.43. The normalized spacial score (nSPS) is 27.7. The quantitative estimate of drug-likeness (QED) is 0.808. The minimum atomic E-state index is -0.642. The van der Waals surface area contributed by atoms with Crippen molar-refractivity contribution in [3.05, 3.63) is 29.8 Å². The van der Waals surface area contributed by atoms with Gasteiger partial charge in [0.15, 0.2) is 0 Å². The molecule has 1 aromatic carbocycles. The van der Waals surface area contributed by atoms with Gasteiger partial charge in [0.2, 0.25) is 11.8 Å². The number of amides is 2. The molecule has 0 aromatic heterocycles. The molecule has 2 atom stereocenters. The van der Waals surface area contributed by atoms with Crippen LogP contribution in [0.2, 0.25) is 0 Å². The van der Waals surface area contributed by atoms with Crippen molar-refractivity contribution in [2.24, 2.45) is 5.92 Å². The summed E-state index contributed by atoms with van der Waals surface area (Å²) in [7, 11) is 0. The fraction of sp³-hybridized carbons (Fsp3) is 0.636. The van der Waals surface area contributed by atoms with Gasteiger partial charge in [-0.3, -0.25) is 14.9 Å². The van der Waals surface area contributed by atoms with Crippen molar-refractivity contribution in [3.63, 3.8) is 0 Å². The number of rotatable bonds is 4. The lowest BCUT2D eigenvalue weighted by molar-refractivity contribution is -0.134. The first-order valence-corrected chi connectivity index (χ1v) is 10.6. The minimum Gasteiger partial charge on any atom is -0.372 e. The summed E-state index contributed by atoms with van der Waals surface area (Å²) >= 11 is 0. The van der Waals surface area contributed by atoms with Crippen molar-refractivity contribution in [3.8, 4) is 0 Å². The van der Waals surface area contributed by atoms with Crippen LogP contribution in [0.15, 0.2) is 24.3 Å². The van der Waals surface area contributed by atoms with E-state index in [4.69, 9.17) is 0 Å². The molecule has 3 fully saturated rings. The first kappa shape index (κ1) is 19.4. The molecule has 5 nitrogen and oxygen atoms in total. The SMILES string of the molecule is O=C1CC[C@H](c2ccc(N3CCC(CN4CCCC(F)C4)CC3)cc2)C(=O)N1. The highest BCUT2D eigenvalue weighted by molar-refractivity contribution is 6.00. The Morgan fingerprint density at radius 2 is 1.75 bits per heavy atom. The molecule has 28 heavy (non-hydrogen) atoms. The second-order valence-corrected chi connectivity index (χ2v) is 8.52. The average Bonchev–Trinajstić information content (AvgIpc) is 2.69. The Morgan fingerprint density at radius 1 is 1.00 bits per heavy atom. The van der Waals surface area contributed by atoms with Crippen molar-refractivity contribution < 1.29 is 14.0 Å². The minimum absolute atomic E-state index is 0.174. The molecule has 0 aliphatic carbocycles.